The number of aliphatic hydroxyl groups is 1. The lowest BCUT2D eigenvalue weighted by molar-refractivity contribution is -0.147. The Bertz CT molecular complexity index is 377. The lowest BCUT2D eigenvalue weighted by atomic mass is 9.64. The summed E-state index contributed by atoms with van der Waals surface area (Å²) in [5.41, 5.74) is 1.30. The maximum atomic E-state index is 11.3. The molecule has 0 amide bonds. The Hall–Kier alpha value is -1.35. The second-order valence-electron chi connectivity index (χ2n) is 4.41. The second kappa shape index (κ2) is 4.26. The Morgan fingerprint density at radius 3 is 2.25 bits per heavy atom. The van der Waals surface area contributed by atoms with Gasteiger partial charge in [-0.1, -0.05) is 30.7 Å². The molecule has 0 atom stereocenters. The lowest BCUT2D eigenvalue weighted by Gasteiger charge is -2.38. The minimum absolute atomic E-state index is 0.128. The van der Waals surface area contributed by atoms with Crippen LogP contribution in [-0.4, -0.2) is 22.8 Å². The summed E-state index contributed by atoms with van der Waals surface area (Å²) >= 11 is 0. The normalized spacial score (nSPS) is 17.8. The van der Waals surface area contributed by atoms with Crippen molar-refractivity contribution >= 4 is 5.97 Å². The molecule has 1 saturated carbocycles. The van der Waals surface area contributed by atoms with Gasteiger partial charge in [-0.2, -0.15) is 0 Å². The van der Waals surface area contributed by atoms with E-state index in [4.69, 9.17) is 5.11 Å². The van der Waals surface area contributed by atoms with Gasteiger partial charge in [0.2, 0.25) is 0 Å². The molecule has 16 heavy (non-hydrogen) atoms. The molecule has 1 aromatic carbocycles. The first-order valence-corrected chi connectivity index (χ1v) is 5.63. The van der Waals surface area contributed by atoms with Gasteiger partial charge in [-0.3, -0.25) is 4.79 Å². The molecule has 1 aliphatic carbocycles. The summed E-state index contributed by atoms with van der Waals surface area (Å²) in [5, 5.41) is 18.1. The van der Waals surface area contributed by atoms with Crippen LogP contribution in [0.1, 0.15) is 30.4 Å². The summed E-state index contributed by atoms with van der Waals surface area (Å²) in [5.74, 6) is -0.714. The highest BCUT2D eigenvalue weighted by molar-refractivity contribution is 5.82. The van der Waals surface area contributed by atoms with Crippen molar-refractivity contribution in [1.82, 2.24) is 0 Å². The van der Waals surface area contributed by atoms with Crippen LogP contribution >= 0.6 is 0 Å². The topological polar surface area (TPSA) is 57.5 Å². The first-order chi connectivity index (χ1) is 7.69. The molecule has 1 aromatic rings. The van der Waals surface area contributed by atoms with E-state index in [1.54, 1.807) is 0 Å². The Morgan fingerprint density at radius 1 is 1.25 bits per heavy atom. The van der Waals surface area contributed by atoms with E-state index in [0.717, 1.165) is 30.4 Å². The molecule has 0 spiro atoms. The van der Waals surface area contributed by atoms with Crippen molar-refractivity contribution in [2.75, 3.05) is 6.61 Å². The Labute approximate surface area is 94.7 Å². The number of aliphatic hydroxyl groups excluding tert-OH is 1. The molecule has 0 aliphatic heterocycles. The average molecular weight is 220 g/mol. The Balaban J connectivity index is 2.23. The minimum atomic E-state index is -0.714. The van der Waals surface area contributed by atoms with Crippen molar-refractivity contribution in [3.8, 4) is 0 Å². The van der Waals surface area contributed by atoms with Gasteiger partial charge < -0.3 is 10.2 Å². The molecule has 0 radical (unpaired) electrons. The number of hydrogen-bond donors (Lipinski definition) is 2. The molecular weight excluding hydrogens is 204 g/mol. The predicted octanol–water partition coefficient (Wildman–Crippen LogP) is 1.73. The van der Waals surface area contributed by atoms with E-state index in [1.807, 2.05) is 24.3 Å². The predicted molar refractivity (Wildman–Crippen MR) is 60.4 cm³/mol. The van der Waals surface area contributed by atoms with E-state index in [-0.39, 0.29) is 6.61 Å². The van der Waals surface area contributed by atoms with Crippen LogP contribution in [0.4, 0.5) is 0 Å². The van der Waals surface area contributed by atoms with Crippen molar-refractivity contribution < 1.29 is 15.0 Å². The van der Waals surface area contributed by atoms with Crippen molar-refractivity contribution in [3.05, 3.63) is 35.4 Å². The number of aliphatic carboxylic acids is 1. The van der Waals surface area contributed by atoms with Crippen LogP contribution in [0.15, 0.2) is 24.3 Å². The molecule has 1 fully saturated rings. The second-order valence-corrected chi connectivity index (χ2v) is 4.41. The van der Waals surface area contributed by atoms with Gasteiger partial charge in [0.25, 0.3) is 0 Å². The number of hydrogen-bond acceptors (Lipinski definition) is 2. The zero-order valence-corrected chi connectivity index (χ0v) is 9.15. The van der Waals surface area contributed by atoms with Crippen LogP contribution < -0.4 is 0 Å². The van der Waals surface area contributed by atoms with Gasteiger partial charge in [0.15, 0.2) is 0 Å². The molecule has 0 heterocycles. The van der Waals surface area contributed by atoms with E-state index >= 15 is 0 Å². The lowest BCUT2D eigenvalue weighted by Crippen LogP contribution is -2.42. The maximum Gasteiger partial charge on any atom is 0.314 e. The molecule has 3 heteroatoms. The van der Waals surface area contributed by atoms with Gasteiger partial charge >= 0.3 is 5.97 Å². The number of carboxylic acids is 1. The van der Waals surface area contributed by atoms with Crippen LogP contribution in [0.5, 0.6) is 0 Å². The largest absolute Gasteiger partial charge is 0.481 e. The minimum Gasteiger partial charge on any atom is -0.481 e. The molecule has 86 valence electrons. The standard InChI is InChI=1S/C13H16O3/c14-9-6-10-2-4-11(5-3-10)13(12(15)16)7-1-8-13/h2-5,14H,1,6-9H2,(H,15,16). The van der Waals surface area contributed by atoms with Crippen LogP contribution in [0, 0.1) is 0 Å². The number of rotatable bonds is 4. The molecule has 0 aromatic heterocycles. The van der Waals surface area contributed by atoms with Crippen molar-refractivity contribution in [2.45, 2.75) is 31.1 Å². The fourth-order valence-corrected chi connectivity index (χ4v) is 2.28. The molecular formula is C13H16O3. The summed E-state index contributed by atoms with van der Waals surface area (Å²) in [7, 11) is 0. The van der Waals surface area contributed by atoms with Crippen LogP contribution in [0.25, 0.3) is 0 Å². The van der Waals surface area contributed by atoms with Crippen molar-refractivity contribution in [3.63, 3.8) is 0 Å². The highest BCUT2D eigenvalue weighted by atomic mass is 16.4. The average Bonchev–Trinajstić information content (AvgIpc) is 2.18. The van der Waals surface area contributed by atoms with E-state index in [0.29, 0.717) is 6.42 Å². The summed E-state index contributed by atoms with van der Waals surface area (Å²) in [6.07, 6.45) is 3.09. The summed E-state index contributed by atoms with van der Waals surface area (Å²) < 4.78 is 0. The third-order valence-corrected chi connectivity index (χ3v) is 3.52. The monoisotopic (exact) mass is 220 g/mol. The summed E-state index contributed by atoms with van der Waals surface area (Å²) in [4.78, 5) is 11.3. The zero-order chi connectivity index (χ0) is 11.6. The van der Waals surface area contributed by atoms with Crippen LogP contribution in [-0.2, 0) is 16.6 Å². The fraction of sp³-hybridized carbons (Fsp3) is 0.462. The van der Waals surface area contributed by atoms with Crippen LogP contribution in [0.2, 0.25) is 0 Å². The number of carboxylic acid groups (broad SMARTS) is 1. The van der Waals surface area contributed by atoms with Gasteiger partial charge in [0, 0.05) is 6.61 Å². The van der Waals surface area contributed by atoms with Crippen molar-refractivity contribution in [2.24, 2.45) is 0 Å². The fourth-order valence-electron chi connectivity index (χ4n) is 2.28. The summed E-state index contributed by atoms with van der Waals surface area (Å²) in [6.45, 7) is 0.128. The van der Waals surface area contributed by atoms with E-state index < -0.39 is 11.4 Å². The molecule has 0 unspecified atom stereocenters. The van der Waals surface area contributed by atoms with E-state index in [2.05, 4.69) is 0 Å². The highest BCUT2D eigenvalue weighted by Gasteiger charge is 2.45. The van der Waals surface area contributed by atoms with Crippen molar-refractivity contribution in [1.29, 1.82) is 0 Å². The van der Waals surface area contributed by atoms with Gasteiger partial charge in [0.05, 0.1) is 5.41 Å². The van der Waals surface area contributed by atoms with E-state index in [9.17, 15) is 9.90 Å². The van der Waals surface area contributed by atoms with Gasteiger partial charge in [-0.25, -0.2) is 0 Å². The third-order valence-electron chi connectivity index (χ3n) is 3.52. The highest BCUT2D eigenvalue weighted by Crippen LogP contribution is 2.43. The third kappa shape index (κ3) is 1.71. The summed E-state index contributed by atoms with van der Waals surface area (Å²) in [6, 6.07) is 7.60. The zero-order valence-electron chi connectivity index (χ0n) is 9.15. The first kappa shape index (κ1) is 11.1. The Kier molecular flexibility index (Phi) is 2.97. The van der Waals surface area contributed by atoms with E-state index in [1.165, 1.54) is 0 Å². The number of benzene rings is 1. The van der Waals surface area contributed by atoms with Gasteiger partial charge in [0.1, 0.15) is 0 Å². The maximum absolute atomic E-state index is 11.3. The molecule has 2 rings (SSSR count). The Morgan fingerprint density at radius 2 is 1.88 bits per heavy atom. The molecule has 2 N–H and O–H groups in total. The SMILES string of the molecule is O=C(O)C1(c2ccc(CCO)cc2)CCC1. The first-order valence-electron chi connectivity index (χ1n) is 5.63. The molecule has 0 saturated heterocycles. The quantitative estimate of drug-likeness (QED) is 0.812. The molecule has 3 nitrogen and oxygen atoms in total. The smallest absolute Gasteiger partial charge is 0.314 e. The van der Waals surface area contributed by atoms with Crippen LogP contribution in [0.3, 0.4) is 0 Å². The molecule has 0 bridgehead atoms. The molecule has 1 aliphatic rings. The number of carbonyl (C=O) groups is 1. The van der Waals surface area contributed by atoms with Gasteiger partial charge in [-0.05, 0) is 30.4 Å². The van der Waals surface area contributed by atoms with Gasteiger partial charge in [-0.15, -0.1) is 0 Å².